The van der Waals surface area contributed by atoms with Gasteiger partial charge in [0.05, 0.1) is 18.9 Å². The molecule has 1 aromatic rings. The first-order valence-electron chi connectivity index (χ1n) is 7.11. The Morgan fingerprint density at radius 3 is 2.70 bits per heavy atom. The van der Waals surface area contributed by atoms with Crippen LogP contribution in [0.4, 0.5) is 0 Å². The Kier molecular flexibility index (Phi) is 5.14. The number of morpholine rings is 1. The first-order chi connectivity index (χ1) is 9.58. The molecule has 6 nitrogen and oxygen atoms in total. The van der Waals surface area contributed by atoms with Crippen LogP contribution in [0, 0.1) is 12.8 Å². The van der Waals surface area contributed by atoms with E-state index >= 15 is 0 Å². The third kappa shape index (κ3) is 3.80. The van der Waals surface area contributed by atoms with Crippen LogP contribution in [0.2, 0.25) is 0 Å². The summed E-state index contributed by atoms with van der Waals surface area (Å²) in [6.07, 6.45) is 0. The lowest BCUT2D eigenvalue weighted by atomic mass is 10.0. The summed E-state index contributed by atoms with van der Waals surface area (Å²) in [5, 5.41) is 6.66. The molecule has 1 amide bonds. The van der Waals surface area contributed by atoms with Gasteiger partial charge in [0.15, 0.2) is 0 Å². The largest absolute Gasteiger partial charge is 0.379 e. The fourth-order valence-corrected chi connectivity index (χ4v) is 2.45. The zero-order valence-electron chi connectivity index (χ0n) is 12.4. The van der Waals surface area contributed by atoms with Crippen LogP contribution in [-0.2, 0) is 4.74 Å². The number of aromatic nitrogens is 1. The Hall–Kier alpha value is -1.40. The summed E-state index contributed by atoms with van der Waals surface area (Å²) in [7, 11) is 0. The molecule has 0 spiro atoms. The van der Waals surface area contributed by atoms with Crippen molar-refractivity contribution in [3.63, 3.8) is 0 Å². The number of amides is 1. The van der Waals surface area contributed by atoms with Crippen molar-refractivity contribution in [2.45, 2.75) is 26.8 Å². The van der Waals surface area contributed by atoms with Crippen molar-refractivity contribution < 1.29 is 14.1 Å². The molecule has 0 bridgehead atoms. The average molecular weight is 281 g/mol. The number of nitrogens with zero attached hydrogens (tertiary/aromatic N) is 2. The molecule has 0 aromatic carbocycles. The highest BCUT2D eigenvalue weighted by molar-refractivity contribution is 5.91. The molecule has 0 aliphatic carbocycles. The summed E-state index contributed by atoms with van der Waals surface area (Å²) in [6, 6.07) is 1.96. The Morgan fingerprint density at radius 1 is 1.45 bits per heavy atom. The molecule has 1 aliphatic rings. The quantitative estimate of drug-likeness (QED) is 0.874. The van der Waals surface area contributed by atoms with Gasteiger partial charge in [-0.15, -0.1) is 0 Å². The van der Waals surface area contributed by atoms with Gasteiger partial charge in [-0.2, -0.15) is 0 Å². The van der Waals surface area contributed by atoms with E-state index in [4.69, 9.17) is 9.26 Å². The summed E-state index contributed by atoms with van der Waals surface area (Å²) in [5.74, 6) is 0.529. The van der Waals surface area contributed by atoms with Crippen LogP contribution >= 0.6 is 0 Å². The minimum absolute atomic E-state index is 0.204. The van der Waals surface area contributed by atoms with E-state index in [1.54, 1.807) is 13.0 Å². The van der Waals surface area contributed by atoms with Crippen LogP contribution in [0.25, 0.3) is 0 Å². The third-order valence-corrected chi connectivity index (χ3v) is 3.61. The van der Waals surface area contributed by atoms with Crippen molar-refractivity contribution in [2.24, 2.45) is 5.92 Å². The first kappa shape index (κ1) is 15.0. The van der Waals surface area contributed by atoms with Gasteiger partial charge in [0.2, 0.25) is 5.76 Å². The molecule has 0 unspecified atom stereocenters. The lowest BCUT2D eigenvalue weighted by Crippen LogP contribution is -2.51. The predicted octanol–water partition coefficient (Wildman–Crippen LogP) is 1.07. The van der Waals surface area contributed by atoms with E-state index in [2.05, 4.69) is 29.2 Å². The van der Waals surface area contributed by atoms with Gasteiger partial charge in [0.25, 0.3) is 5.91 Å². The van der Waals surface area contributed by atoms with Gasteiger partial charge in [0.1, 0.15) is 0 Å². The number of carbonyl (C=O) groups excluding carboxylic acids is 1. The van der Waals surface area contributed by atoms with Crippen molar-refractivity contribution in [1.82, 2.24) is 15.4 Å². The molecular formula is C14H23N3O3. The van der Waals surface area contributed by atoms with Gasteiger partial charge in [0, 0.05) is 31.7 Å². The van der Waals surface area contributed by atoms with E-state index in [1.165, 1.54) is 0 Å². The minimum Gasteiger partial charge on any atom is -0.379 e. The Labute approximate surface area is 119 Å². The first-order valence-corrected chi connectivity index (χ1v) is 7.11. The molecule has 112 valence electrons. The Balaban J connectivity index is 1.90. The standard InChI is InChI=1S/C14H23N3O3/c1-10(2)12(17-4-6-19-7-5-17)9-15-14(18)13-8-11(3)16-20-13/h8,10,12H,4-7,9H2,1-3H3,(H,15,18)/t12-/m1/s1. The lowest BCUT2D eigenvalue weighted by molar-refractivity contribution is 0.00664. The highest BCUT2D eigenvalue weighted by atomic mass is 16.5. The normalized spacial score (nSPS) is 18.2. The molecule has 1 atom stereocenters. The average Bonchev–Trinajstić information content (AvgIpc) is 2.86. The molecule has 0 radical (unpaired) electrons. The van der Waals surface area contributed by atoms with Crippen molar-refractivity contribution in [2.75, 3.05) is 32.8 Å². The maximum atomic E-state index is 12.0. The summed E-state index contributed by atoms with van der Waals surface area (Å²) in [5.41, 5.74) is 0.712. The summed E-state index contributed by atoms with van der Waals surface area (Å²) in [4.78, 5) is 14.4. The highest BCUT2D eigenvalue weighted by Gasteiger charge is 2.24. The summed E-state index contributed by atoms with van der Waals surface area (Å²) in [6.45, 7) is 10.1. The van der Waals surface area contributed by atoms with Crippen molar-refractivity contribution in [1.29, 1.82) is 0 Å². The van der Waals surface area contributed by atoms with Crippen LogP contribution < -0.4 is 5.32 Å². The van der Waals surface area contributed by atoms with Crippen LogP contribution in [0.1, 0.15) is 30.1 Å². The molecule has 6 heteroatoms. The summed E-state index contributed by atoms with van der Waals surface area (Å²) < 4.78 is 10.3. The number of hydrogen-bond acceptors (Lipinski definition) is 5. The van der Waals surface area contributed by atoms with Crippen LogP contribution in [0.5, 0.6) is 0 Å². The highest BCUT2D eigenvalue weighted by Crippen LogP contribution is 2.12. The number of aryl methyl sites for hydroxylation is 1. The fourth-order valence-electron chi connectivity index (χ4n) is 2.45. The number of hydrogen-bond donors (Lipinski definition) is 1. The molecule has 2 heterocycles. The van der Waals surface area contributed by atoms with Gasteiger partial charge in [-0.05, 0) is 12.8 Å². The molecule has 1 aliphatic heterocycles. The van der Waals surface area contributed by atoms with Gasteiger partial charge in [-0.3, -0.25) is 9.69 Å². The second kappa shape index (κ2) is 6.85. The second-order valence-corrected chi connectivity index (χ2v) is 5.50. The van der Waals surface area contributed by atoms with Gasteiger partial charge < -0.3 is 14.6 Å². The maximum absolute atomic E-state index is 12.0. The fraction of sp³-hybridized carbons (Fsp3) is 0.714. The molecule has 0 saturated carbocycles. The molecule has 1 N–H and O–H groups in total. The van der Waals surface area contributed by atoms with Crippen LogP contribution in [0.15, 0.2) is 10.6 Å². The smallest absolute Gasteiger partial charge is 0.289 e. The molecule has 20 heavy (non-hydrogen) atoms. The van der Waals surface area contributed by atoms with E-state index in [0.29, 0.717) is 24.2 Å². The van der Waals surface area contributed by atoms with Crippen LogP contribution in [-0.4, -0.2) is 54.9 Å². The molecule has 1 saturated heterocycles. The van der Waals surface area contributed by atoms with Crippen molar-refractivity contribution in [3.05, 3.63) is 17.5 Å². The Morgan fingerprint density at radius 2 is 2.15 bits per heavy atom. The van der Waals surface area contributed by atoms with E-state index in [9.17, 15) is 4.79 Å². The van der Waals surface area contributed by atoms with Crippen molar-refractivity contribution in [3.8, 4) is 0 Å². The van der Waals surface area contributed by atoms with E-state index in [0.717, 1.165) is 26.3 Å². The van der Waals surface area contributed by atoms with Gasteiger partial charge in [-0.25, -0.2) is 0 Å². The topological polar surface area (TPSA) is 67.6 Å². The van der Waals surface area contributed by atoms with Gasteiger partial charge >= 0.3 is 0 Å². The van der Waals surface area contributed by atoms with Gasteiger partial charge in [-0.1, -0.05) is 19.0 Å². The molecular weight excluding hydrogens is 258 g/mol. The Bertz CT molecular complexity index is 439. The number of carbonyl (C=O) groups is 1. The monoisotopic (exact) mass is 281 g/mol. The van der Waals surface area contributed by atoms with Crippen molar-refractivity contribution >= 4 is 5.91 Å². The van der Waals surface area contributed by atoms with E-state index in [1.807, 2.05) is 0 Å². The molecule has 2 rings (SSSR count). The second-order valence-electron chi connectivity index (χ2n) is 5.50. The molecule has 1 aromatic heterocycles. The number of rotatable bonds is 5. The van der Waals surface area contributed by atoms with E-state index < -0.39 is 0 Å². The lowest BCUT2D eigenvalue weighted by Gasteiger charge is -2.36. The van der Waals surface area contributed by atoms with E-state index in [-0.39, 0.29) is 11.7 Å². The third-order valence-electron chi connectivity index (χ3n) is 3.61. The zero-order valence-corrected chi connectivity index (χ0v) is 12.4. The zero-order chi connectivity index (χ0) is 14.5. The minimum atomic E-state index is -0.204. The maximum Gasteiger partial charge on any atom is 0.289 e. The van der Waals surface area contributed by atoms with Crippen LogP contribution in [0.3, 0.4) is 0 Å². The number of nitrogens with one attached hydrogen (secondary N) is 1. The number of ether oxygens (including phenoxy) is 1. The predicted molar refractivity (Wildman–Crippen MR) is 74.6 cm³/mol. The SMILES string of the molecule is Cc1cc(C(=O)NC[C@H](C(C)C)N2CCOCC2)on1. The molecule has 1 fully saturated rings. The summed E-state index contributed by atoms with van der Waals surface area (Å²) >= 11 is 0.